The second-order valence-corrected chi connectivity index (χ2v) is 4.20. The third-order valence-corrected chi connectivity index (χ3v) is 2.94. The first-order chi connectivity index (χ1) is 7.53. The van der Waals surface area contributed by atoms with E-state index in [2.05, 4.69) is 10.3 Å². The first kappa shape index (κ1) is 11.1. The van der Waals surface area contributed by atoms with Crippen molar-refractivity contribution in [2.45, 2.75) is 12.5 Å². The second-order valence-electron chi connectivity index (χ2n) is 3.79. The highest BCUT2D eigenvalue weighted by Gasteiger charge is 2.31. The molecule has 2 rings (SSSR count). The van der Waals surface area contributed by atoms with Gasteiger partial charge in [-0.15, -0.1) is 5.10 Å². The van der Waals surface area contributed by atoms with Crippen molar-refractivity contribution in [3.8, 4) is 0 Å². The summed E-state index contributed by atoms with van der Waals surface area (Å²) in [5, 5.41) is 18.6. The summed E-state index contributed by atoms with van der Waals surface area (Å²) >= 11 is 6.07. The molecule has 1 atom stereocenters. The van der Waals surface area contributed by atoms with Crippen LogP contribution in [0.2, 0.25) is 5.02 Å². The summed E-state index contributed by atoms with van der Waals surface area (Å²) in [5.74, 6) is 0. The van der Waals surface area contributed by atoms with Crippen LogP contribution in [0.25, 0.3) is 0 Å². The Bertz CT molecular complexity index is 507. The van der Waals surface area contributed by atoms with E-state index < -0.39 is 5.60 Å². The van der Waals surface area contributed by atoms with Crippen LogP contribution in [-0.2, 0) is 12.6 Å². The van der Waals surface area contributed by atoms with Gasteiger partial charge in [-0.3, -0.25) is 0 Å². The zero-order chi connectivity index (χ0) is 11.8. The molecule has 1 N–H and O–H groups in total. The zero-order valence-corrected chi connectivity index (χ0v) is 9.81. The Balaban J connectivity index is 2.55. The van der Waals surface area contributed by atoms with Gasteiger partial charge in [0, 0.05) is 17.6 Å². The van der Waals surface area contributed by atoms with E-state index in [-0.39, 0.29) is 0 Å². The molecule has 1 aromatic heterocycles. The highest BCUT2D eigenvalue weighted by atomic mass is 35.5. The van der Waals surface area contributed by atoms with E-state index in [0.717, 1.165) is 0 Å². The summed E-state index contributed by atoms with van der Waals surface area (Å²) < 4.78 is 1.53. The maximum atomic E-state index is 10.5. The SMILES string of the molecule is Cn1nncc1C(C)(O)c1ccccc1Cl. The summed E-state index contributed by atoms with van der Waals surface area (Å²) in [6.07, 6.45) is 1.53. The van der Waals surface area contributed by atoms with Gasteiger partial charge in [-0.25, -0.2) is 4.68 Å². The molecule has 0 spiro atoms. The van der Waals surface area contributed by atoms with Crippen LogP contribution in [0.15, 0.2) is 30.5 Å². The molecule has 0 saturated heterocycles. The minimum Gasteiger partial charge on any atom is -0.379 e. The molecule has 0 aliphatic carbocycles. The Hall–Kier alpha value is -1.39. The van der Waals surface area contributed by atoms with Crippen LogP contribution < -0.4 is 0 Å². The summed E-state index contributed by atoms with van der Waals surface area (Å²) in [4.78, 5) is 0. The Morgan fingerprint density at radius 3 is 2.62 bits per heavy atom. The summed E-state index contributed by atoms with van der Waals surface area (Å²) in [6, 6.07) is 7.19. The van der Waals surface area contributed by atoms with Gasteiger partial charge < -0.3 is 5.11 Å². The van der Waals surface area contributed by atoms with Crippen molar-refractivity contribution < 1.29 is 5.11 Å². The molecule has 0 radical (unpaired) electrons. The van der Waals surface area contributed by atoms with Gasteiger partial charge in [-0.05, 0) is 13.0 Å². The number of aromatic nitrogens is 3. The van der Waals surface area contributed by atoms with Gasteiger partial charge in [0.1, 0.15) is 5.60 Å². The predicted octanol–water partition coefficient (Wildman–Crippen LogP) is 1.72. The topological polar surface area (TPSA) is 50.9 Å². The quantitative estimate of drug-likeness (QED) is 0.866. The Kier molecular flexibility index (Phi) is 2.69. The van der Waals surface area contributed by atoms with E-state index in [4.69, 9.17) is 11.6 Å². The van der Waals surface area contributed by atoms with Crippen molar-refractivity contribution in [1.29, 1.82) is 0 Å². The van der Waals surface area contributed by atoms with Crippen LogP contribution in [0.3, 0.4) is 0 Å². The summed E-state index contributed by atoms with van der Waals surface area (Å²) in [7, 11) is 1.73. The molecule has 1 unspecified atom stereocenters. The minimum absolute atomic E-state index is 0.522. The summed E-state index contributed by atoms with van der Waals surface area (Å²) in [6.45, 7) is 1.67. The Labute approximate surface area is 98.5 Å². The third-order valence-electron chi connectivity index (χ3n) is 2.61. The van der Waals surface area contributed by atoms with Gasteiger partial charge in [-0.1, -0.05) is 35.0 Å². The number of rotatable bonds is 2. The van der Waals surface area contributed by atoms with E-state index in [1.807, 2.05) is 12.1 Å². The van der Waals surface area contributed by atoms with Crippen molar-refractivity contribution in [2.24, 2.45) is 7.05 Å². The van der Waals surface area contributed by atoms with Gasteiger partial charge in [0.25, 0.3) is 0 Å². The standard InChI is InChI=1S/C11H12ClN3O/c1-11(16,10-7-13-14-15(10)2)8-5-3-4-6-9(8)12/h3-7,16H,1-2H3. The molecule has 2 aromatic rings. The predicted molar refractivity (Wildman–Crippen MR) is 61.1 cm³/mol. The van der Waals surface area contributed by atoms with Gasteiger partial charge in [0.2, 0.25) is 0 Å². The van der Waals surface area contributed by atoms with Gasteiger partial charge >= 0.3 is 0 Å². The molecule has 5 heteroatoms. The lowest BCUT2D eigenvalue weighted by Crippen LogP contribution is -2.26. The monoisotopic (exact) mass is 237 g/mol. The first-order valence-corrected chi connectivity index (χ1v) is 5.24. The molecule has 1 heterocycles. The maximum Gasteiger partial charge on any atom is 0.131 e. The number of aryl methyl sites for hydroxylation is 1. The minimum atomic E-state index is -1.20. The van der Waals surface area contributed by atoms with Gasteiger partial charge in [-0.2, -0.15) is 0 Å². The zero-order valence-electron chi connectivity index (χ0n) is 9.05. The molecule has 0 saturated carbocycles. The van der Waals surface area contributed by atoms with Gasteiger partial charge in [0.05, 0.1) is 11.9 Å². The van der Waals surface area contributed by atoms with E-state index in [9.17, 15) is 5.11 Å². The lowest BCUT2D eigenvalue weighted by atomic mass is 9.93. The highest BCUT2D eigenvalue weighted by Crippen LogP contribution is 2.32. The maximum absolute atomic E-state index is 10.5. The Morgan fingerprint density at radius 1 is 1.38 bits per heavy atom. The molecule has 0 aliphatic heterocycles. The second kappa shape index (κ2) is 3.88. The van der Waals surface area contributed by atoms with E-state index in [1.165, 1.54) is 10.9 Å². The summed E-state index contributed by atoms with van der Waals surface area (Å²) in [5.41, 5.74) is 0.0408. The van der Waals surface area contributed by atoms with Crippen molar-refractivity contribution in [3.63, 3.8) is 0 Å². The molecule has 1 aromatic carbocycles. The van der Waals surface area contributed by atoms with E-state index in [0.29, 0.717) is 16.3 Å². The van der Waals surface area contributed by atoms with E-state index >= 15 is 0 Å². The van der Waals surface area contributed by atoms with Crippen molar-refractivity contribution >= 4 is 11.6 Å². The molecule has 16 heavy (non-hydrogen) atoms. The molecule has 0 amide bonds. The molecular weight excluding hydrogens is 226 g/mol. The molecule has 0 fully saturated rings. The molecule has 84 valence electrons. The number of halogens is 1. The average molecular weight is 238 g/mol. The Morgan fingerprint density at radius 2 is 2.06 bits per heavy atom. The fourth-order valence-electron chi connectivity index (χ4n) is 1.72. The largest absolute Gasteiger partial charge is 0.379 e. The van der Waals surface area contributed by atoms with Crippen molar-refractivity contribution in [3.05, 3.63) is 46.7 Å². The van der Waals surface area contributed by atoms with Crippen LogP contribution in [-0.4, -0.2) is 20.1 Å². The van der Waals surface area contributed by atoms with Crippen LogP contribution in [0.4, 0.5) is 0 Å². The van der Waals surface area contributed by atoms with Crippen LogP contribution in [0.5, 0.6) is 0 Å². The van der Waals surface area contributed by atoms with Crippen molar-refractivity contribution in [2.75, 3.05) is 0 Å². The van der Waals surface area contributed by atoms with E-state index in [1.54, 1.807) is 26.1 Å². The van der Waals surface area contributed by atoms with Crippen molar-refractivity contribution in [1.82, 2.24) is 15.0 Å². The lowest BCUT2D eigenvalue weighted by molar-refractivity contribution is 0.0930. The number of nitrogens with zero attached hydrogens (tertiary/aromatic N) is 3. The molecule has 0 bridgehead atoms. The molecule has 0 aliphatic rings. The number of aliphatic hydroxyl groups is 1. The average Bonchev–Trinajstić information content (AvgIpc) is 2.65. The molecular formula is C11H12ClN3O. The van der Waals surface area contributed by atoms with Crippen LogP contribution >= 0.6 is 11.6 Å². The van der Waals surface area contributed by atoms with Gasteiger partial charge in [0.15, 0.2) is 0 Å². The number of hydrogen-bond acceptors (Lipinski definition) is 3. The fraction of sp³-hybridized carbons (Fsp3) is 0.273. The van der Waals surface area contributed by atoms with Crippen LogP contribution in [0.1, 0.15) is 18.2 Å². The normalized spacial score (nSPS) is 14.8. The molecule has 4 nitrogen and oxygen atoms in total. The number of hydrogen-bond donors (Lipinski definition) is 1. The number of benzene rings is 1. The smallest absolute Gasteiger partial charge is 0.131 e. The van der Waals surface area contributed by atoms with Crippen LogP contribution in [0, 0.1) is 0 Å². The lowest BCUT2D eigenvalue weighted by Gasteiger charge is -2.24. The first-order valence-electron chi connectivity index (χ1n) is 4.86. The third kappa shape index (κ3) is 1.70. The fourth-order valence-corrected chi connectivity index (χ4v) is 2.04. The highest BCUT2D eigenvalue weighted by molar-refractivity contribution is 6.31.